The maximum atomic E-state index is 13.5. The van der Waals surface area contributed by atoms with E-state index in [4.69, 9.17) is 0 Å². The van der Waals surface area contributed by atoms with Crippen LogP contribution >= 0.6 is 0 Å². The SMILES string of the molecule is CC/C(=C\c1ccccc1O)CC[C@@H](O)C1=C(CO)C[C@H]2C(=O)N(C3CCCCC3)C(=O)[C@H]2[C@H]1CO. The van der Waals surface area contributed by atoms with Crippen molar-refractivity contribution in [2.75, 3.05) is 13.2 Å². The van der Waals surface area contributed by atoms with Crippen LogP contribution < -0.4 is 0 Å². The van der Waals surface area contributed by atoms with Crippen LogP contribution in [0.1, 0.15) is 70.3 Å². The molecular formula is C29H39NO6. The number of aliphatic hydroxyl groups excluding tert-OH is 3. The number of aliphatic hydroxyl groups is 3. The molecule has 2 fully saturated rings. The van der Waals surface area contributed by atoms with Crippen LogP contribution in [0.5, 0.6) is 5.75 Å². The lowest BCUT2D eigenvalue weighted by atomic mass is 9.68. The van der Waals surface area contributed by atoms with Crippen molar-refractivity contribution in [3.63, 3.8) is 0 Å². The number of hydrogen-bond donors (Lipinski definition) is 4. The minimum atomic E-state index is -0.948. The van der Waals surface area contributed by atoms with E-state index in [9.17, 15) is 30.0 Å². The number of benzene rings is 1. The van der Waals surface area contributed by atoms with E-state index < -0.39 is 23.9 Å². The van der Waals surface area contributed by atoms with Crippen molar-refractivity contribution in [2.24, 2.45) is 17.8 Å². The van der Waals surface area contributed by atoms with E-state index in [1.807, 2.05) is 25.1 Å². The summed E-state index contributed by atoms with van der Waals surface area (Å²) in [5.41, 5.74) is 2.85. The van der Waals surface area contributed by atoms with Gasteiger partial charge in [-0.25, -0.2) is 0 Å². The number of imide groups is 1. The number of allylic oxidation sites excluding steroid dienone is 1. The van der Waals surface area contributed by atoms with Crippen LogP contribution in [-0.4, -0.2) is 62.5 Å². The van der Waals surface area contributed by atoms with Gasteiger partial charge in [-0.15, -0.1) is 0 Å². The highest BCUT2D eigenvalue weighted by molar-refractivity contribution is 6.06. The zero-order valence-electron chi connectivity index (χ0n) is 21.1. The molecule has 7 nitrogen and oxygen atoms in total. The summed E-state index contributed by atoms with van der Waals surface area (Å²) in [7, 11) is 0. The van der Waals surface area contributed by atoms with E-state index in [0.717, 1.165) is 44.1 Å². The molecule has 0 aromatic heterocycles. The Balaban J connectivity index is 1.54. The van der Waals surface area contributed by atoms with Crippen LogP contribution in [-0.2, 0) is 9.59 Å². The largest absolute Gasteiger partial charge is 0.507 e. The number of carbonyl (C=O) groups is 2. The molecule has 1 aromatic carbocycles. The molecule has 1 saturated carbocycles. The Kier molecular flexibility index (Phi) is 8.65. The molecule has 4 rings (SSSR count). The topological polar surface area (TPSA) is 118 Å². The molecule has 1 aromatic rings. The van der Waals surface area contributed by atoms with Gasteiger partial charge in [-0.1, -0.05) is 56.0 Å². The predicted molar refractivity (Wildman–Crippen MR) is 137 cm³/mol. The third kappa shape index (κ3) is 5.15. The van der Waals surface area contributed by atoms with Crippen molar-refractivity contribution in [1.29, 1.82) is 0 Å². The lowest BCUT2D eigenvalue weighted by molar-refractivity contribution is -0.143. The first-order valence-corrected chi connectivity index (χ1v) is 13.4. The fraction of sp³-hybridized carbons (Fsp3) is 0.586. The number of nitrogens with zero attached hydrogens (tertiary/aromatic N) is 1. The summed E-state index contributed by atoms with van der Waals surface area (Å²) in [6.07, 6.45) is 7.62. The van der Waals surface area contributed by atoms with Crippen molar-refractivity contribution in [3.8, 4) is 5.75 Å². The summed E-state index contributed by atoms with van der Waals surface area (Å²) in [6, 6.07) is 7.00. The summed E-state index contributed by atoms with van der Waals surface area (Å²) in [6.45, 7) is 1.34. The minimum absolute atomic E-state index is 0.0821. The van der Waals surface area contributed by atoms with Crippen LogP contribution in [0.2, 0.25) is 0 Å². The molecule has 1 heterocycles. The first-order valence-electron chi connectivity index (χ1n) is 13.4. The van der Waals surface area contributed by atoms with Gasteiger partial charge in [-0.3, -0.25) is 14.5 Å². The number of phenols is 1. The lowest BCUT2D eigenvalue weighted by Gasteiger charge is -2.36. The normalized spacial score (nSPS) is 26.5. The fourth-order valence-electron chi connectivity index (χ4n) is 6.49. The first-order chi connectivity index (χ1) is 17.4. The van der Waals surface area contributed by atoms with Crippen LogP contribution in [0.15, 0.2) is 41.0 Å². The Bertz CT molecular complexity index is 1020. The van der Waals surface area contributed by atoms with Crippen LogP contribution in [0.25, 0.3) is 6.08 Å². The summed E-state index contributed by atoms with van der Waals surface area (Å²) in [5.74, 6) is -2.17. The van der Waals surface area contributed by atoms with Gasteiger partial charge in [-0.2, -0.15) is 0 Å². The van der Waals surface area contributed by atoms with E-state index in [1.54, 1.807) is 12.1 Å². The third-order valence-electron chi connectivity index (χ3n) is 8.39. The average molecular weight is 498 g/mol. The zero-order valence-corrected chi connectivity index (χ0v) is 21.1. The van der Waals surface area contributed by atoms with Crippen LogP contribution in [0.3, 0.4) is 0 Å². The molecule has 0 bridgehead atoms. The van der Waals surface area contributed by atoms with Crippen molar-refractivity contribution in [1.82, 2.24) is 4.90 Å². The quantitative estimate of drug-likeness (QED) is 0.306. The fourth-order valence-corrected chi connectivity index (χ4v) is 6.49. The maximum absolute atomic E-state index is 13.5. The molecule has 0 unspecified atom stereocenters. The van der Waals surface area contributed by atoms with Crippen LogP contribution in [0.4, 0.5) is 0 Å². The van der Waals surface area contributed by atoms with Crippen molar-refractivity contribution in [3.05, 3.63) is 46.5 Å². The van der Waals surface area contributed by atoms with Gasteiger partial charge in [0.1, 0.15) is 5.75 Å². The molecule has 3 aliphatic rings. The Hall–Kier alpha value is -2.48. The maximum Gasteiger partial charge on any atom is 0.234 e. The molecule has 0 spiro atoms. The van der Waals surface area contributed by atoms with E-state index in [0.29, 0.717) is 29.6 Å². The number of rotatable bonds is 9. The molecular weight excluding hydrogens is 458 g/mol. The van der Waals surface area contributed by atoms with Crippen molar-refractivity contribution in [2.45, 2.75) is 76.9 Å². The Morgan fingerprint density at radius 1 is 1.11 bits per heavy atom. The molecule has 196 valence electrons. The average Bonchev–Trinajstić information content (AvgIpc) is 3.15. The minimum Gasteiger partial charge on any atom is -0.507 e. The Morgan fingerprint density at radius 2 is 1.83 bits per heavy atom. The van der Waals surface area contributed by atoms with E-state index >= 15 is 0 Å². The van der Waals surface area contributed by atoms with Gasteiger partial charge in [-0.05, 0) is 55.7 Å². The second-order valence-electron chi connectivity index (χ2n) is 10.5. The van der Waals surface area contributed by atoms with Crippen LogP contribution in [0, 0.1) is 17.8 Å². The number of likely N-dealkylation sites (tertiary alicyclic amines) is 1. The number of carbonyl (C=O) groups excluding carboxylic acids is 2. The molecule has 0 radical (unpaired) electrons. The van der Waals surface area contributed by atoms with E-state index in [-0.39, 0.29) is 43.2 Å². The second kappa shape index (κ2) is 11.7. The van der Waals surface area contributed by atoms with Gasteiger partial charge in [0.05, 0.1) is 31.2 Å². The highest BCUT2D eigenvalue weighted by atomic mass is 16.3. The number of aromatic hydroxyl groups is 1. The molecule has 1 saturated heterocycles. The zero-order chi connectivity index (χ0) is 25.8. The smallest absolute Gasteiger partial charge is 0.234 e. The number of para-hydroxylation sites is 1. The van der Waals surface area contributed by atoms with Gasteiger partial charge in [0, 0.05) is 17.5 Å². The standard InChI is InChI=1S/C29H39NO6/c1-2-18(14-19-8-6-7-11-24(19)33)12-13-25(34)26-20(16-31)15-22-27(23(26)17-32)29(36)30(28(22)35)21-9-4-3-5-10-21/h6-8,11,14,21-23,25,27,31-34H,2-5,9-10,12-13,15-17H2,1H3/b18-14+/t22-,23+,25-,27-/m1/s1. The lowest BCUT2D eigenvalue weighted by Crippen LogP contribution is -2.42. The molecule has 1 aliphatic heterocycles. The monoisotopic (exact) mass is 497 g/mol. The van der Waals surface area contributed by atoms with Gasteiger partial charge < -0.3 is 20.4 Å². The molecule has 36 heavy (non-hydrogen) atoms. The second-order valence-corrected chi connectivity index (χ2v) is 10.5. The highest BCUT2D eigenvalue weighted by Gasteiger charge is 2.56. The van der Waals surface area contributed by atoms with Gasteiger partial charge in [0.2, 0.25) is 11.8 Å². The van der Waals surface area contributed by atoms with E-state index in [2.05, 4.69) is 0 Å². The predicted octanol–water partition coefficient (Wildman–Crippen LogP) is 3.56. The van der Waals surface area contributed by atoms with Crippen molar-refractivity contribution < 1.29 is 30.0 Å². The Morgan fingerprint density at radius 3 is 2.47 bits per heavy atom. The number of amides is 2. The molecule has 2 amide bonds. The van der Waals surface area contributed by atoms with Gasteiger partial charge in [0.15, 0.2) is 0 Å². The summed E-state index contributed by atoms with van der Waals surface area (Å²) >= 11 is 0. The number of fused-ring (bicyclic) bond motifs is 1. The van der Waals surface area contributed by atoms with Crippen molar-refractivity contribution >= 4 is 17.9 Å². The summed E-state index contributed by atoms with van der Waals surface area (Å²) in [4.78, 5) is 28.3. The highest BCUT2D eigenvalue weighted by Crippen LogP contribution is 2.47. The van der Waals surface area contributed by atoms with E-state index in [1.165, 1.54) is 4.90 Å². The molecule has 4 N–H and O–H groups in total. The number of hydrogen-bond acceptors (Lipinski definition) is 6. The Labute approximate surface area is 213 Å². The first kappa shape index (κ1) is 26.6. The van der Waals surface area contributed by atoms with Gasteiger partial charge >= 0.3 is 0 Å². The molecule has 4 atom stereocenters. The number of phenolic OH excluding ortho intramolecular Hbond substituents is 1. The molecule has 2 aliphatic carbocycles. The molecule has 7 heteroatoms. The third-order valence-corrected chi connectivity index (χ3v) is 8.39. The summed E-state index contributed by atoms with van der Waals surface area (Å²) in [5, 5.41) is 41.9. The van der Waals surface area contributed by atoms with Gasteiger partial charge in [0.25, 0.3) is 0 Å². The summed E-state index contributed by atoms with van der Waals surface area (Å²) < 4.78 is 0.